The van der Waals surface area contributed by atoms with Gasteiger partial charge in [-0.3, -0.25) is 4.79 Å². The Morgan fingerprint density at radius 2 is 1.96 bits per heavy atom. The lowest BCUT2D eigenvalue weighted by Crippen LogP contribution is -2.31. The number of carbonyl (C=O) groups is 2. The van der Waals surface area contributed by atoms with Crippen LogP contribution in [-0.2, 0) is 16.1 Å². The van der Waals surface area contributed by atoms with Crippen molar-refractivity contribution >= 4 is 11.9 Å². The van der Waals surface area contributed by atoms with Gasteiger partial charge in [0.15, 0.2) is 18.2 Å². The van der Waals surface area contributed by atoms with Crippen molar-refractivity contribution in [2.75, 3.05) is 20.8 Å². The number of ether oxygens (including phenoxy) is 2. The van der Waals surface area contributed by atoms with Crippen LogP contribution in [0.15, 0.2) is 28.7 Å². The maximum absolute atomic E-state index is 13.5. The average Bonchev–Trinajstić information content (AvgIpc) is 2.93. The molecular weight excluding hydrogens is 336 g/mol. The molecule has 0 saturated heterocycles. The maximum Gasteiger partial charge on any atom is 0.341 e. The molecule has 0 bridgehead atoms. The number of rotatable bonds is 6. The summed E-state index contributed by atoms with van der Waals surface area (Å²) in [6, 6.07) is 4.30. The molecule has 0 unspecified atom stereocenters. The highest BCUT2D eigenvalue weighted by Gasteiger charge is 2.18. The molecule has 0 aliphatic heterocycles. The number of carbonyl (C=O) groups excluding carboxylic acids is 2. The van der Waals surface area contributed by atoms with Crippen LogP contribution in [0.1, 0.15) is 21.9 Å². The monoisotopic (exact) mass is 353 g/mol. The molecule has 1 amide bonds. The number of hydrogen-bond donors (Lipinski definition) is 0. The molecule has 1 aromatic carbocycles. The van der Waals surface area contributed by atoms with Gasteiger partial charge in [0.2, 0.25) is 0 Å². The summed E-state index contributed by atoms with van der Waals surface area (Å²) in [6.45, 7) is 1.27. The van der Waals surface area contributed by atoms with E-state index in [0.29, 0.717) is 17.6 Å². The van der Waals surface area contributed by atoms with Crippen LogP contribution < -0.4 is 4.74 Å². The minimum Gasteiger partial charge on any atom is -0.481 e. The largest absolute Gasteiger partial charge is 0.481 e. The zero-order chi connectivity index (χ0) is 18.6. The van der Waals surface area contributed by atoms with E-state index in [0.717, 1.165) is 12.1 Å². The van der Waals surface area contributed by atoms with E-state index in [-0.39, 0.29) is 17.9 Å². The fourth-order valence-corrected chi connectivity index (χ4v) is 2.10. The van der Waals surface area contributed by atoms with Crippen LogP contribution >= 0.6 is 0 Å². The highest BCUT2D eigenvalue weighted by molar-refractivity contribution is 5.90. The standard InChI is InChI=1S/C17H17F2NO5/c1-10-13(17(22)23-3)7-12(25-10)8-20(2)16(21)9-24-15-5-4-11(18)6-14(15)19/h4-7H,8-9H2,1-3H3. The first-order valence-electron chi connectivity index (χ1n) is 7.31. The van der Waals surface area contributed by atoms with Gasteiger partial charge in [-0.2, -0.15) is 0 Å². The zero-order valence-corrected chi connectivity index (χ0v) is 14.0. The summed E-state index contributed by atoms with van der Waals surface area (Å²) in [5.74, 6) is -2.05. The minimum absolute atomic E-state index is 0.0892. The first-order chi connectivity index (χ1) is 11.8. The quantitative estimate of drug-likeness (QED) is 0.747. The van der Waals surface area contributed by atoms with E-state index >= 15 is 0 Å². The summed E-state index contributed by atoms with van der Waals surface area (Å²) in [5, 5.41) is 0. The first-order valence-corrected chi connectivity index (χ1v) is 7.31. The van der Waals surface area contributed by atoms with Crippen molar-refractivity contribution in [1.82, 2.24) is 4.90 Å². The van der Waals surface area contributed by atoms with Gasteiger partial charge in [0, 0.05) is 13.1 Å². The van der Waals surface area contributed by atoms with Gasteiger partial charge in [0.25, 0.3) is 5.91 Å². The lowest BCUT2D eigenvalue weighted by atomic mass is 10.2. The average molecular weight is 353 g/mol. The second kappa shape index (κ2) is 7.78. The van der Waals surface area contributed by atoms with Gasteiger partial charge in [-0.1, -0.05) is 0 Å². The molecule has 2 rings (SSSR count). The fraction of sp³-hybridized carbons (Fsp3) is 0.294. The number of aryl methyl sites for hydroxylation is 1. The molecule has 6 nitrogen and oxygen atoms in total. The summed E-state index contributed by atoms with van der Waals surface area (Å²) in [7, 11) is 2.76. The van der Waals surface area contributed by atoms with Crippen LogP contribution in [0.4, 0.5) is 8.78 Å². The molecule has 1 heterocycles. The summed E-state index contributed by atoms with van der Waals surface area (Å²) >= 11 is 0. The predicted octanol–water partition coefficient (Wildman–Crippen LogP) is 2.69. The molecule has 1 aromatic heterocycles. The molecular formula is C17H17F2NO5. The molecule has 0 atom stereocenters. The number of hydrogen-bond acceptors (Lipinski definition) is 5. The second-order valence-corrected chi connectivity index (χ2v) is 5.29. The molecule has 0 fully saturated rings. The smallest absolute Gasteiger partial charge is 0.341 e. The Morgan fingerprint density at radius 1 is 1.24 bits per heavy atom. The van der Waals surface area contributed by atoms with E-state index < -0.39 is 30.1 Å². The van der Waals surface area contributed by atoms with Gasteiger partial charge >= 0.3 is 5.97 Å². The highest BCUT2D eigenvalue weighted by atomic mass is 19.1. The topological polar surface area (TPSA) is 69.0 Å². The fourth-order valence-electron chi connectivity index (χ4n) is 2.10. The predicted molar refractivity (Wildman–Crippen MR) is 83.1 cm³/mol. The number of benzene rings is 1. The van der Waals surface area contributed by atoms with Gasteiger partial charge in [0.05, 0.1) is 13.7 Å². The number of methoxy groups -OCH3 is 1. The first kappa shape index (κ1) is 18.4. The molecule has 2 aromatic rings. The Hall–Kier alpha value is -2.90. The van der Waals surface area contributed by atoms with Gasteiger partial charge in [-0.15, -0.1) is 0 Å². The van der Waals surface area contributed by atoms with Crippen LogP contribution in [-0.4, -0.2) is 37.5 Å². The van der Waals surface area contributed by atoms with Gasteiger partial charge < -0.3 is 18.8 Å². The number of amides is 1. The third kappa shape index (κ3) is 4.56. The van der Waals surface area contributed by atoms with E-state index in [1.54, 1.807) is 6.92 Å². The summed E-state index contributed by atoms with van der Waals surface area (Å²) in [5.41, 5.74) is 0.281. The molecule has 0 radical (unpaired) electrons. The van der Waals surface area contributed by atoms with E-state index in [9.17, 15) is 18.4 Å². The SMILES string of the molecule is COC(=O)c1cc(CN(C)C(=O)COc2ccc(F)cc2F)oc1C. The molecule has 25 heavy (non-hydrogen) atoms. The van der Waals surface area contributed by atoms with Crippen molar-refractivity contribution in [3.8, 4) is 5.75 Å². The van der Waals surface area contributed by atoms with Crippen molar-refractivity contribution in [3.05, 3.63) is 53.0 Å². The summed E-state index contributed by atoms with van der Waals surface area (Å²) in [6.07, 6.45) is 0. The van der Waals surface area contributed by atoms with Crippen molar-refractivity contribution in [3.63, 3.8) is 0 Å². The van der Waals surface area contributed by atoms with Crippen molar-refractivity contribution < 1.29 is 32.3 Å². The van der Waals surface area contributed by atoms with Gasteiger partial charge in [-0.05, 0) is 25.1 Å². The van der Waals surface area contributed by atoms with Gasteiger partial charge in [-0.25, -0.2) is 13.6 Å². The lowest BCUT2D eigenvalue weighted by Gasteiger charge is -2.16. The molecule has 0 N–H and O–H groups in total. The Morgan fingerprint density at radius 3 is 2.60 bits per heavy atom. The van der Waals surface area contributed by atoms with Crippen LogP contribution in [0.5, 0.6) is 5.75 Å². The number of nitrogens with zero attached hydrogens (tertiary/aromatic N) is 1. The van der Waals surface area contributed by atoms with E-state index in [1.165, 1.54) is 25.1 Å². The van der Waals surface area contributed by atoms with Crippen LogP contribution in [0, 0.1) is 18.6 Å². The molecule has 8 heteroatoms. The highest BCUT2D eigenvalue weighted by Crippen LogP contribution is 2.19. The van der Waals surface area contributed by atoms with Crippen molar-refractivity contribution in [1.29, 1.82) is 0 Å². The summed E-state index contributed by atoms with van der Waals surface area (Å²) < 4.78 is 41.4. The van der Waals surface area contributed by atoms with Crippen molar-refractivity contribution in [2.24, 2.45) is 0 Å². The Labute approximate surface area is 142 Å². The number of esters is 1. The van der Waals surface area contributed by atoms with Crippen LogP contribution in [0.2, 0.25) is 0 Å². The lowest BCUT2D eigenvalue weighted by molar-refractivity contribution is -0.132. The molecule has 0 spiro atoms. The molecule has 134 valence electrons. The Balaban J connectivity index is 1.95. The zero-order valence-electron chi connectivity index (χ0n) is 14.0. The van der Waals surface area contributed by atoms with Crippen molar-refractivity contribution in [2.45, 2.75) is 13.5 Å². The number of likely N-dealkylation sites (N-methyl/N-ethyl adjacent to an activating group) is 1. The van der Waals surface area contributed by atoms with Crippen LogP contribution in [0.25, 0.3) is 0 Å². The van der Waals surface area contributed by atoms with Gasteiger partial charge in [0.1, 0.15) is 22.9 Å². The normalized spacial score (nSPS) is 10.4. The second-order valence-electron chi connectivity index (χ2n) is 5.29. The van der Waals surface area contributed by atoms with E-state index in [1.807, 2.05) is 0 Å². The third-order valence-electron chi connectivity index (χ3n) is 3.44. The molecule has 0 saturated carbocycles. The summed E-state index contributed by atoms with van der Waals surface area (Å²) in [4.78, 5) is 24.9. The Bertz CT molecular complexity index is 787. The Kier molecular flexibility index (Phi) is 5.74. The number of halogens is 2. The maximum atomic E-state index is 13.5. The minimum atomic E-state index is -0.889. The van der Waals surface area contributed by atoms with E-state index in [4.69, 9.17) is 9.15 Å². The third-order valence-corrected chi connectivity index (χ3v) is 3.44. The van der Waals surface area contributed by atoms with Crippen LogP contribution in [0.3, 0.4) is 0 Å². The molecule has 0 aliphatic rings. The van der Waals surface area contributed by atoms with E-state index in [2.05, 4.69) is 4.74 Å². The molecule has 0 aliphatic carbocycles. The number of furan rings is 1.